The smallest absolute Gasteiger partial charge is 0.238 e. The lowest BCUT2D eigenvalue weighted by molar-refractivity contribution is -0.129. The van der Waals surface area contributed by atoms with Crippen LogP contribution in [0.2, 0.25) is 0 Å². The number of nitrogens with zero attached hydrogens (tertiary/aromatic N) is 1. The first-order chi connectivity index (χ1) is 9.13. The van der Waals surface area contributed by atoms with Crippen LogP contribution in [-0.2, 0) is 4.79 Å². The van der Waals surface area contributed by atoms with E-state index in [9.17, 15) is 9.18 Å². The highest BCUT2D eigenvalue weighted by atomic mass is 32.2. The second kappa shape index (κ2) is 6.39. The molecule has 1 aliphatic heterocycles. The number of carbonyl (C=O) groups is 1. The molecule has 0 aliphatic carbocycles. The number of benzene rings is 1. The number of halogens is 1. The van der Waals surface area contributed by atoms with Crippen molar-refractivity contribution in [3.05, 3.63) is 35.6 Å². The first-order valence-corrected chi connectivity index (χ1v) is 7.66. The van der Waals surface area contributed by atoms with Crippen LogP contribution in [0, 0.1) is 5.82 Å². The molecule has 1 fully saturated rings. The van der Waals surface area contributed by atoms with Crippen molar-refractivity contribution in [1.82, 2.24) is 10.2 Å². The lowest BCUT2D eigenvalue weighted by Gasteiger charge is -2.30. The highest BCUT2D eigenvalue weighted by Gasteiger charge is 2.34. The molecule has 1 aliphatic rings. The average molecular weight is 282 g/mol. The topological polar surface area (TPSA) is 32.3 Å². The number of thioether (sulfide) groups is 1. The molecule has 5 heteroatoms. The Labute approximate surface area is 117 Å². The summed E-state index contributed by atoms with van der Waals surface area (Å²) in [6.45, 7) is 4.52. The molecular formula is C14H19FN2OS. The largest absolute Gasteiger partial charge is 0.318 e. The quantitative estimate of drug-likeness (QED) is 0.900. The fourth-order valence-electron chi connectivity index (χ4n) is 2.31. The highest BCUT2D eigenvalue weighted by molar-refractivity contribution is 7.99. The van der Waals surface area contributed by atoms with E-state index in [4.69, 9.17) is 0 Å². The van der Waals surface area contributed by atoms with E-state index in [2.05, 4.69) is 19.2 Å². The molecule has 0 radical (unpaired) electrons. The minimum Gasteiger partial charge on any atom is -0.318 e. The maximum atomic E-state index is 13.0. The standard InChI is InChI=1S/C14H19FN2OS/c1-3-19-9-10(2)17-13(18)8-16-14(17)11-4-6-12(15)7-5-11/h4-7,10,14,16H,3,8-9H2,1-2H3. The molecule has 0 spiro atoms. The Morgan fingerprint density at radius 3 is 2.79 bits per heavy atom. The molecule has 0 saturated carbocycles. The molecule has 104 valence electrons. The van der Waals surface area contributed by atoms with Gasteiger partial charge in [-0.1, -0.05) is 19.1 Å². The molecule has 3 nitrogen and oxygen atoms in total. The van der Waals surface area contributed by atoms with E-state index in [0.717, 1.165) is 17.1 Å². The van der Waals surface area contributed by atoms with Crippen LogP contribution in [0.3, 0.4) is 0 Å². The van der Waals surface area contributed by atoms with Crippen molar-refractivity contribution < 1.29 is 9.18 Å². The predicted octanol–water partition coefficient (Wildman–Crippen LogP) is 2.40. The van der Waals surface area contributed by atoms with Crippen LogP contribution in [0.5, 0.6) is 0 Å². The first-order valence-electron chi connectivity index (χ1n) is 6.51. The van der Waals surface area contributed by atoms with E-state index in [1.165, 1.54) is 12.1 Å². The molecule has 1 saturated heterocycles. The third-order valence-corrected chi connectivity index (χ3v) is 4.36. The summed E-state index contributed by atoms with van der Waals surface area (Å²) in [7, 11) is 0. The van der Waals surface area contributed by atoms with Gasteiger partial charge in [-0.3, -0.25) is 10.1 Å². The van der Waals surface area contributed by atoms with E-state index in [0.29, 0.717) is 6.54 Å². The summed E-state index contributed by atoms with van der Waals surface area (Å²) in [5, 5.41) is 3.19. The molecule has 1 heterocycles. The van der Waals surface area contributed by atoms with E-state index in [1.54, 1.807) is 12.1 Å². The van der Waals surface area contributed by atoms with Gasteiger partial charge < -0.3 is 4.90 Å². The Morgan fingerprint density at radius 2 is 2.16 bits per heavy atom. The summed E-state index contributed by atoms with van der Waals surface area (Å²) in [6, 6.07) is 6.51. The lowest BCUT2D eigenvalue weighted by Crippen LogP contribution is -2.39. The van der Waals surface area contributed by atoms with Crippen molar-refractivity contribution in [2.45, 2.75) is 26.1 Å². The molecule has 1 aromatic carbocycles. The van der Waals surface area contributed by atoms with Crippen LogP contribution < -0.4 is 5.32 Å². The van der Waals surface area contributed by atoms with Crippen molar-refractivity contribution in [2.75, 3.05) is 18.1 Å². The first kappa shape index (κ1) is 14.3. The summed E-state index contributed by atoms with van der Waals surface area (Å²) < 4.78 is 13.0. The molecule has 2 atom stereocenters. The van der Waals surface area contributed by atoms with E-state index >= 15 is 0 Å². The lowest BCUT2D eigenvalue weighted by atomic mass is 10.1. The van der Waals surface area contributed by atoms with E-state index in [1.807, 2.05) is 16.7 Å². The number of nitrogens with one attached hydrogen (secondary N) is 1. The third-order valence-electron chi connectivity index (χ3n) is 3.24. The third kappa shape index (κ3) is 3.28. The van der Waals surface area contributed by atoms with Crippen molar-refractivity contribution >= 4 is 17.7 Å². The molecule has 1 amide bonds. The minimum atomic E-state index is -0.255. The monoisotopic (exact) mass is 282 g/mol. The maximum absolute atomic E-state index is 13.0. The van der Waals surface area contributed by atoms with Gasteiger partial charge in [-0.05, 0) is 30.4 Å². The van der Waals surface area contributed by atoms with Crippen LogP contribution in [-0.4, -0.2) is 34.9 Å². The molecule has 19 heavy (non-hydrogen) atoms. The normalized spacial score (nSPS) is 20.9. The Balaban J connectivity index is 2.14. The Kier molecular flexibility index (Phi) is 4.82. The maximum Gasteiger partial charge on any atom is 0.238 e. The van der Waals surface area contributed by atoms with Gasteiger partial charge in [-0.15, -0.1) is 0 Å². The SMILES string of the molecule is CCSCC(C)N1C(=O)CNC1c1ccc(F)cc1. The summed E-state index contributed by atoms with van der Waals surface area (Å²) in [6.07, 6.45) is -0.138. The highest BCUT2D eigenvalue weighted by Crippen LogP contribution is 2.26. The van der Waals surface area contributed by atoms with Gasteiger partial charge in [-0.2, -0.15) is 11.8 Å². The fourth-order valence-corrected chi connectivity index (χ4v) is 3.05. The summed E-state index contributed by atoms with van der Waals surface area (Å²) in [4.78, 5) is 13.9. The van der Waals surface area contributed by atoms with Crippen molar-refractivity contribution in [2.24, 2.45) is 0 Å². The van der Waals surface area contributed by atoms with Crippen LogP contribution in [0.4, 0.5) is 4.39 Å². The Bertz CT molecular complexity index is 438. The van der Waals surface area contributed by atoms with E-state index in [-0.39, 0.29) is 23.9 Å². The van der Waals surface area contributed by atoms with Gasteiger partial charge in [0.15, 0.2) is 0 Å². The molecule has 1 aromatic rings. The number of amides is 1. The van der Waals surface area contributed by atoms with Gasteiger partial charge in [0.05, 0.1) is 6.54 Å². The van der Waals surface area contributed by atoms with Crippen molar-refractivity contribution in [3.8, 4) is 0 Å². The molecular weight excluding hydrogens is 263 g/mol. The van der Waals surface area contributed by atoms with E-state index < -0.39 is 0 Å². The molecule has 0 aromatic heterocycles. The van der Waals surface area contributed by atoms with Gasteiger partial charge in [0.2, 0.25) is 5.91 Å². The zero-order valence-electron chi connectivity index (χ0n) is 11.2. The van der Waals surface area contributed by atoms with Gasteiger partial charge in [-0.25, -0.2) is 4.39 Å². The molecule has 1 N–H and O–H groups in total. The number of hydrogen-bond donors (Lipinski definition) is 1. The predicted molar refractivity (Wildman–Crippen MR) is 76.5 cm³/mol. The molecule has 2 rings (SSSR count). The summed E-state index contributed by atoms with van der Waals surface area (Å²) in [5.74, 6) is 1.82. The average Bonchev–Trinajstić information content (AvgIpc) is 2.79. The van der Waals surface area contributed by atoms with Crippen LogP contribution >= 0.6 is 11.8 Å². The Hall–Kier alpha value is -1.07. The number of carbonyl (C=O) groups excluding carboxylic acids is 1. The van der Waals surface area contributed by atoms with Crippen LogP contribution in [0.15, 0.2) is 24.3 Å². The van der Waals surface area contributed by atoms with Crippen LogP contribution in [0.25, 0.3) is 0 Å². The van der Waals surface area contributed by atoms with Gasteiger partial charge in [0, 0.05) is 11.8 Å². The van der Waals surface area contributed by atoms with Crippen molar-refractivity contribution in [1.29, 1.82) is 0 Å². The zero-order valence-corrected chi connectivity index (χ0v) is 12.0. The number of hydrogen-bond acceptors (Lipinski definition) is 3. The van der Waals surface area contributed by atoms with Gasteiger partial charge >= 0.3 is 0 Å². The molecule has 0 bridgehead atoms. The second-order valence-corrected chi connectivity index (χ2v) is 5.96. The second-order valence-electron chi connectivity index (χ2n) is 4.64. The van der Waals surface area contributed by atoms with Crippen LogP contribution in [0.1, 0.15) is 25.6 Å². The number of rotatable bonds is 5. The van der Waals surface area contributed by atoms with Crippen molar-refractivity contribution in [3.63, 3.8) is 0 Å². The fraction of sp³-hybridized carbons (Fsp3) is 0.500. The summed E-state index contributed by atoms with van der Waals surface area (Å²) in [5.41, 5.74) is 0.931. The summed E-state index contributed by atoms with van der Waals surface area (Å²) >= 11 is 1.82. The zero-order chi connectivity index (χ0) is 13.8. The molecule has 2 unspecified atom stereocenters. The minimum absolute atomic E-state index is 0.110. The van der Waals surface area contributed by atoms with Gasteiger partial charge in [0.25, 0.3) is 0 Å². The van der Waals surface area contributed by atoms with Gasteiger partial charge in [0.1, 0.15) is 12.0 Å². The Morgan fingerprint density at radius 1 is 1.47 bits per heavy atom.